The van der Waals surface area contributed by atoms with Crippen LogP contribution in [0.15, 0.2) is 48.5 Å². The van der Waals surface area contributed by atoms with Crippen molar-refractivity contribution >= 4 is 29.0 Å². The highest BCUT2D eigenvalue weighted by Gasteiger charge is 2.09. The first-order chi connectivity index (χ1) is 11.1. The Morgan fingerprint density at radius 2 is 1.65 bits per heavy atom. The average molecular weight is 332 g/mol. The van der Waals surface area contributed by atoms with Crippen LogP contribution in [0.5, 0.6) is 5.75 Å². The highest BCUT2D eigenvalue weighted by Crippen LogP contribution is 2.16. The molecule has 0 atom stereocenters. The number of rotatable bonds is 7. The lowest BCUT2D eigenvalue weighted by Gasteiger charge is -2.07. The molecule has 0 aliphatic rings. The van der Waals surface area contributed by atoms with Crippen LogP contribution in [0.3, 0.4) is 0 Å². The molecule has 0 radical (unpaired) electrons. The van der Waals surface area contributed by atoms with Crippen LogP contribution in [0.4, 0.5) is 5.69 Å². The zero-order chi connectivity index (χ0) is 16.7. The van der Waals surface area contributed by atoms with Gasteiger partial charge in [-0.05, 0) is 55.5 Å². The fraction of sp³-hybridized carbons (Fsp3) is 0.222. The van der Waals surface area contributed by atoms with Crippen molar-refractivity contribution in [1.29, 1.82) is 0 Å². The maximum atomic E-state index is 12.0. The lowest BCUT2D eigenvalue weighted by Crippen LogP contribution is -2.13. The van der Waals surface area contributed by atoms with Gasteiger partial charge in [-0.25, -0.2) is 0 Å². The number of hydrogen-bond acceptors (Lipinski definition) is 3. The van der Waals surface area contributed by atoms with E-state index in [4.69, 9.17) is 16.3 Å². The van der Waals surface area contributed by atoms with Crippen LogP contribution >= 0.6 is 11.6 Å². The van der Waals surface area contributed by atoms with E-state index in [1.165, 1.54) is 0 Å². The summed E-state index contributed by atoms with van der Waals surface area (Å²) in [6.07, 6.45) is 0.291. The number of benzene rings is 2. The largest absolute Gasteiger partial charge is 0.494 e. The molecule has 120 valence electrons. The number of nitrogens with one attached hydrogen (secondary N) is 1. The van der Waals surface area contributed by atoms with Crippen molar-refractivity contribution in [2.45, 2.75) is 19.8 Å². The summed E-state index contributed by atoms with van der Waals surface area (Å²) in [7, 11) is 0. The Balaban J connectivity index is 1.82. The van der Waals surface area contributed by atoms with E-state index < -0.39 is 0 Å². The Kier molecular flexibility index (Phi) is 6.18. The van der Waals surface area contributed by atoms with Crippen molar-refractivity contribution in [3.63, 3.8) is 0 Å². The van der Waals surface area contributed by atoms with Crippen LogP contribution in [0.25, 0.3) is 0 Å². The first-order valence-corrected chi connectivity index (χ1v) is 7.77. The number of hydrogen-bond donors (Lipinski definition) is 1. The number of anilines is 1. The summed E-state index contributed by atoms with van der Waals surface area (Å²) < 4.78 is 5.34. The number of carbonyl (C=O) groups excluding carboxylic acids is 2. The van der Waals surface area contributed by atoms with E-state index in [-0.39, 0.29) is 24.5 Å². The van der Waals surface area contributed by atoms with Gasteiger partial charge in [-0.15, -0.1) is 0 Å². The first-order valence-electron chi connectivity index (χ1n) is 7.40. The first kappa shape index (κ1) is 17.0. The van der Waals surface area contributed by atoms with Gasteiger partial charge in [0.25, 0.3) is 0 Å². The molecule has 0 saturated carbocycles. The highest BCUT2D eigenvalue weighted by molar-refractivity contribution is 6.30. The summed E-state index contributed by atoms with van der Waals surface area (Å²) in [5.41, 5.74) is 1.24. The quantitative estimate of drug-likeness (QED) is 0.768. The molecule has 0 heterocycles. The van der Waals surface area contributed by atoms with Gasteiger partial charge in [0.2, 0.25) is 5.91 Å². The number of Topliss-reactive ketones (excluding diaryl/α,β-unsaturated/α-hetero) is 1. The number of ether oxygens (including phenoxy) is 1. The minimum Gasteiger partial charge on any atom is -0.494 e. The second-order valence-electron chi connectivity index (χ2n) is 4.94. The van der Waals surface area contributed by atoms with Crippen molar-refractivity contribution in [2.24, 2.45) is 0 Å². The second kappa shape index (κ2) is 8.34. The third-order valence-corrected chi connectivity index (χ3v) is 3.45. The number of ketones is 1. The molecule has 4 nitrogen and oxygen atoms in total. The summed E-state index contributed by atoms with van der Waals surface area (Å²) >= 11 is 5.78. The zero-order valence-corrected chi connectivity index (χ0v) is 13.6. The Bertz CT molecular complexity index is 666. The molecule has 2 aromatic carbocycles. The van der Waals surface area contributed by atoms with Crippen LogP contribution in [-0.4, -0.2) is 18.3 Å². The maximum Gasteiger partial charge on any atom is 0.224 e. The minimum atomic E-state index is -0.198. The molecular weight excluding hydrogens is 314 g/mol. The molecule has 1 amide bonds. The third-order valence-electron chi connectivity index (χ3n) is 3.19. The molecule has 0 bridgehead atoms. The summed E-state index contributed by atoms with van der Waals surface area (Å²) in [4.78, 5) is 23.9. The Morgan fingerprint density at radius 3 is 2.26 bits per heavy atom. The third kappa shape index (κ3) is 5.42. The van der Waals surface area contributed by atoms with Crippen LogP contribution in [0.2, 0.25) is 5.02 Å². The summed E-state index contributed by atoms with van der Waals surface area (Å²) in [6.45, 7) is 2.51. The normalized spacial score (nSPS) is 10.2. The Morgan fingerprint density at radius 1 is 1.00 bits per heavy atom. The van der Waals surface area contributed by atoms with Gasteiger partial charge in [-0.2, -0.15) is 0 Å². The van der Waals surface area contributed by atoms with Gasteiger partial charge in [0.1, 0.15) is 5.75 Å². The van der Waals surface area contributed by atoms with Gasteiger partial charge in [0, 0.05) is 29.1 Å². The molecule has 2 rings (SSSR count). The molecule has 23 heavy (non-hydrogen) atoms. The molecule has 0 unspecified atom stereocenters. The van der Waals surface area contributed by atoms with Crippen LogP contribution in [0, 0.1) is 0 Å². The zero-order valence-electron chi connectivity index (χ0n) is 12.8. The summed E-state index contributed by atoms with van der Waals surface area (Å²) in [5.74, 6) is 0.475. The fourth-order valence-corrected chi connectivity index (χ4v) is 2.16. The number of amides is 1. The lowest BCUT2D eigenvalue weighted by atomic mass is 10.1. The van der Waals surface area contributed by atoms with E-state index >= 15 is 0 Å². The SMILES string of the molecule is CCOc1ccc(NC(=O)CCC(=O)c2ccc(Cl)cc2)cc1. The fourth-order valence-electron chi connectivity index (χ4n) is 2.03. The number of halogens is 1. The summed E-state index contributed by atoms with van der Waals surface area (Å²) in [5, 5.41) is 3.34. The smallest absolute Gasteiger partial charge is 0.224 e. The van der Waals surface area contributed by atoms with Crippen LogP contribution in [-0.2, 0) is 4.79 Å². The van der Waals surface area contributed by atoms with Gasteiger partial charge in [0.05, 0.1) is 6.61 Å². The van der Waals surface area contributed by atoms with E-state index in [2.05, 4.69) is 5.32 Å². The second-order valence-corrected chi connectivity index (χ2v) is 5.37. The van der Waals surface area contributed by atoms with Crippen molar-refractivity contribution in [1.82, 2.24) is 0 Å². The minimum absolute atomic E-state index is 0.0801. The van der Waals surface area contributed by atoms with Gasteiger partial charge >= 0.3 is 0 Å². The monoisotopic (exact) mass is 331 g/mol. The van der Waals surface area contributed by atoms with Crippen molar-refractivity contribution in [3.05, 3.63) is 59.1 Å². The van der Waals surface area contributed by atoms with E-state index in [1.807, 2.05) is 6.92 Å². The van der Waals surface area contributed by atoms with E-state index in [0.29, 0.717) is 22.9 Å². The number of carbonyl (C=O) groups is 2. The van der Waals surface area contributed by atoms with E-state index in [9.17, 15) is 9.59 Å². The lowest BCUT2D eigenvalue weighted by molar-refractivity contribution is -0.116. The average Bonchev–Trinajstić information content (AvgIpc) is 2.55. The Labute approximate surface area is 140 Å². The van der Waals surface area contributed by atoms with Gasteiger partial charge in [-0.3, -0.25) is 9.59 Å². The maximum absolute atomic E-state index is 12.0. The molecule has 2 aromatic rings. The van der Waals surface area contributed by atoms with Gasteiger partial charge in [-0.1, -0.05) is 11.6 Å². The van der Waals surface area contributed by atoms with E-state index in [0.717, 1.165) is 5.75 Å². The molecule has 0 spiro atoms. The molecule has 0 aliphatic heterocycles. The van der Waals surface area contributed by atoms with Gasteiger partial charge in [0.15, 0.2) is 5.78 Å². The van der Waals surface area contributed by atoms with E-state index in [1.54, 1.807) is 48.5 Å². The summed E-state index contributed by atoms with van der Waals surface area (Å²) in [6, 6.07) is 13.8. The molecular formula is C18H18ClNO3. The van der Waals surface area contributed by atoms with Crippen LogP contribution in [0.1, 0.15) is 30.1 Å². The Hall–Kier alpha value is -2.33. The topological polar surface area (TPSA) is 55.4 Å². The van der Waals surface area contributed by atoms with Crippen molar-refractivity contribution in [3.8, 4) is 5.75 Å². The standard InChI is InChI=1S/C18H18ClNO3/c1-2-23-16-9-7-15(8-10-16)20-18(22)12-11-17(21)13-3-5-14(19)6-4-13/h3-10H,2,11-12H2,1H3,(H,20,22). The van der Waals surface area contributed by atoms with Crippen LogP contribution < -0.4 is 10.1 Å². The molecule has 0 aliphatic carbocycles. The predicted molar refractivity (Wildman–Crippen MR) is 91.3 cm³/mol. The molecule has 0 fully saturated rings. The van der Waals surface area contributed by atoms with Crippen molar-refractivity contribution < 1.29 is 14.3 Å². The van der Waals surface area contributed by atoms with Crippen molar-refractivity contribution in [2.75, 3.05) is 11.9 Å². The highest BCUT2D eigenvalue weighted by atomic mass is 35.5. The molecule has 5 heteroatoms. The molecule has 0 aromatic heterocycles. The predicted octanol–water partition coefficient (Wildman–Crippen LogP) is 4.34. The van der Waals surface area contributed by atoms with Gasteiger partial charge < -0.3 is 10.1 Å². The molecule has 1 N–H and O–H groups in total. The molecule has 0 saturated heterocycles.